The number of nitrogens with one attached hydrogen (secondary N) is 1. The molecule has 1 aliphatic heterocycles. The molecule has 1 N–H and O–H groups in total. The summed E-state index contributed by atoms with van der Waals surface area (Å²) >= 11 is 0. The van der Waals surface area contributed by atoms with Crippen LogP contribution in [-0.2, 0) is 7.05 Å². The van der Waals surface area contributed by atoms with Gasteiger partial charge in [0.15, 0.2) is 0 Å². The Hall–Kier alpha value is -2.83. The predicted molar refractivity (Wildman–Crippen MR) is 108 cm³/mol. The molecule has 7 nitrogen and oxygen atoms in total. The second-order valence-electron chi connectivity index (χ2n) is 7.20. The Morgan fingerprint density at radius 3 is 2.78 bits per heavy atom. The van der Waals surface area contributed by atoms with Gasteiger partial charge in [0.2, 0.25) is 0 Å². The second kappa shape index (κ2) is 7.06. The van der Waals surface area contributed by atoms with Crippen molar-refractivity contribution in [3.8, 4) is 5.75 Å². The number of hydrogen-bond acceptors (Lipinski definition) is 6. The van der Waals surface area contributed by atoms with E-state index in [1.807, 2.05) is 43.8 Å². The zero-order valence-corrected chi connectivity index (χ0v) is 16.4. The van der Waals surface area contributed by atoms with Gasteiger partial charge in [-0.3, -0.25) is 4.68 Å². The summed E-state index contributed by atoms with van der Waals surface area (Å²) in [5.74, 6) is 3.63. The van der Waals surface area contributed by atoms with Crippen molar-refractivity contribution in [2.75, 3.05) is 30.4 Å². The van der Waals surface area contributed by atoms with Crippen molar-refractivity contribution in [3.05, 3.63) is 35.8 Å². The van der Waals surface area contributed by atoms with Gasteiger partial charge in [0.1, 0.15) is 23.2 Å². The Morgan fingerprint density at radius 2 is 2.04 bits per heavy atom. The first-order chi connectivity index (χ1) is 13.0. The Balaban J connectivity index is 1.60. The number of benzene rings is 1. The molecule has 3 heterocycles. The smallest absolute Gasteiger partial charge is 0.138 e. The molecule has 3 aromatic rings. The van der Waals surface area contributed by atoms with Crippen LogP contribution in [0.5, 0.6) is 5.75 Å². The fraction of sp³-hybridized carbons (Fsp3) is 0.450. The van der Waals surface area contributed by atoms with E-state index in [4.69, 9.17) is 4.74 Å². The minimum atomic E-state index is 0.317. The van der Waals surface area contributed by atoms with Gasteiger partial charge in [-0.25, -0.2) is 9.97 Å². The minimum Gasteiger partial charge on any atom is -0.497 e. The summed E-state index contributed by atoms with van der Waals surface area (Å²) < 4.78 is 7.35. The van der Waals surface area contributed by atoms with E-state index in [1.165, 1.54) is 5.82 Å². The van der Waals surface area contributed by atoms with Gasteiger partial charge in [-0.2, -0.15) is 5.10 Å². The van der Waals surface area contributed by atoms with E-state index >= 15 is 0 Å². The zero-order chi connectivity index (χ0) is 19.0. The van der Waals surface area contributed by atoms with E-state index in [0.717, 1.165) is 59.9 Å². The molecule has 0 radical (unpaired) electrons. The molecule has 142 valence electrons. The largest absolute Gasteiger partial charge is 0.497 e. The number of hydrogen-bond donors (Lipinski definition) is 1. The van der Waals surface area contributed by atoms with Crippen LogP contribution in [0.4, 0.5) is 11.6 Å². The summed E-state index contributed by atoms with van der Waals surface area (Å²) in [6.45, 7) is 5.94. The first-order valence-corrected chi connectivity index (χ1v) is 9.38. The normalized spacial score (nSPS) is 17.3. The van der Waals surface area contributed by atoms with Crippen LogP contribution in [0.1, 0.15) is 24.4 Å². The van der Waals surface area contributed by atoms with Crippen molar-refractivity contribution in [1.82, 2.24) is 19.7 Å². The number of piperidine rings is 1. The van der Waals surface area contributed by atoms with Crippen LogP contribution in [-0.4, -0.2) is 46.0 Å². The molecule has 1 saturated heterocycles. The van der Waals surface area contributed by atoms with Crippen LogP contribution in [0, 0.1) is 13.8 Å². The standard InChI is InChI=1S/C20H26N6O/c1-13-10-19(25(3)24-13)26-9-5-6-15(12-26)23-20-17-11-16(27-4)7-8-18(17)21-14(2)22-20/h7-8,10-11,15H,5-6,9,12H2,1-4H3,(H,21,22,23). The number of anilines is 2. The highest BCUT2D eigenvalue weighted by atomic mass is 16.5. The number of fused-ring (bicyclic) bond motifs is 1. The van der Waals surface area contributed by atoms with Crippen molar-refractivity contribution < 1.29 is 4.74 Å². The van der Waals surface area contributed by atoms with E-state index in [0.29, 0.717) is 6.04 Å². The quantitative estimate of drug-likeness (QED) is 0.765. The molecular formula is C20H26N6O. The van der Waals surface area contributed by atoms with Crippen molar-refractivity contribution >= 4 is 22.5 Å². The summed E-state index contributed by atoms with van der Waals surface area (Å²) in [5.41, 5.74) is 1.98. The fourth-order valence-electron chi connectivity index (χ4n) is 3.85. The van der Waals surface area contributed by atoms with Crippen LogP contribution in [0.25, 0.3) is 10.9 Å². The maximum atomic E-state index is 5.39. The number of nitrogens with zero attached hydrogens (tertiary/aromatic N) is 5. The van der Waals surface area contributed by atoms with Gasteiger partial charge in [-0.05, 0) is 44.9 Å². The van der Waals surface area contributed by atoms with E-state index in [1.54, 1.807) is 7.11 Å². The number of ether oxygens (including phenoxy) is 1. The van der Waals surface area contributed by atoms with E-state index in [9.17, 15) is 0 Å². The van der Waals surface area contributed by atoms with Gasteiger partial charge in [0.25, 0.3) is 0 Å². The third-order valence-corrected chi connectivity index (χ3v) is 5.08. The highest BCUT2D eigenvalue weighted by Gasteiger charge is 2.23. The zero-order valence-electron chi connectivity index (χ0n) is 16.4. The molecule has 1 aliphatic rings. The molecular weight excluding hydrogens is 340 g/mol. The molecule has 0 bridgehead atoms. The van der Waals surface area contributed by atoms with Crippen LogP contribution in [0.3, 0.4) is 0 Å². The molecule has 1 aromatic carbocycles. The monoisotopic (exact) mass is 366 g/mol. The summed E-state index contributed by atoms with van der Waals surface area (Å²) in [7, 11) is 3.69. The third-order valence-electron chi connectivity index (χ3n) is 5.08. The highest BCUT2D eigenvalue weighted by Crippen LogP contribution is 2.28. The predicted octanol–water partition coefficient (Wildman–Crippen LogP) is 3.07. The topological polar surface area (TPSA) is 68.1 Å². The Kier molecular flexibility index (Phi) is 4.59. The molecule has 0 aliphatic carbocycles. The Labute approximate surface area is 159 Å². The molecule has 4 rings (SSSR count). The maximum absolute atomic E-state index is 5.39. The lowest BCUT2D eigenvalue weighted by atomic mass is 10.1. The summed E-state index contributed by atoms with van der Waals surface area (Å²) in [6.07, 6.45) is 2.25. The van der Waals surface area contributed by atoms with E-state index in [2.05, 4.69) is 31.3 Å². The van der Waals surface area contributed by atoms with Gasteiger partial charge < -0.3 is 15.0 Å². The lowest BCUT2D eigenvalue weighted by molar-refractivity contribution is 0.415. The minimum absolute atomic E-state index is 0.317. The van der Waals surface area contributed by atoms with Gasteiger partial charge in [-0.1, -0.05) is 0 Å². The Morgan fingerprint density at radius 1 is 1.19 bits per heavy atom. The third kappa shape index (κ3) is 3.54. The van der Waals surface area contributed by atoms with Gasteiger partial charge in [0.05, 0.1) is 18.3 Å². The molecule has 1 fully saturated rings. The van der Waals surface area contributed by atoms with E-state index in [-0.39, 0.29) is 0 Å². The molecule has 2 aromatic heterocycles. The molecule has 1 unspecified atom stereocenters. The summed E-state index contributed by atoms with van der Waals surface area (Å²) in [5, 5.41) is 9.14. The molecule has 1 atom stereocenters. The van der Waals surface area contributed by atoms with Gasteiger partial charge in [0, 0.05) is 37.6 Å². The summed E-state index contributed by atoms with van der Waals surface area (Å²) in [6, 6.07) is 8.39. The average molecular weight is 366 g/mol. The maximum Gasteiger partial charge on any atom is 0.138 e. The molecule has 0 amide bonds. The molecule has 27 heavy (non-hydrogen) atoms. The fourth-order valence-corrected chi connectivity index (χ4v) is 3.85. The van der Waals surface area contributed by atoms with Crippen molar-refractivity contribution in [2.45, 2.75) is 32.7 Å². The SMILES string of the molecule is COc1ccc2nc(C)nc(NC3CCCN(c4cc(C)nn4C)C3)c2c1. The van der Waals surface area contributed by atoms with Gasteiger partial charge >= 0.3 is 0 Å². The van der Waals surface area contributed by atoms with Crippen LogP contribution >= 0.6 is 0 Å². The van der Waals surface area contributed by atoms with Crippen molar-refractivity contribution in [2.24, 2.45) is 7.05 Å². The first kappa shape index (κ1) is 17.6. The summed E-state index contributed by atoms with van der Waals surface area (Å²) in [4.78, 5) is 11.6. The van der Waals surface area contributed by atoms with Crippen LogP contribution in [0.15, 0.2) is 24.3 Å². The highest BCUT2D eigenvalue weighted by molar-refractivity contribution is 5.90. The lowest BCUT2D eigenvalue weighted by Gasteiger charge is -2.34. The first-order valence-electron chi connectivity index (χ1n) is 9.38. The van der Waals surface area contributed by atoms with Gasteiger partial charge in [-0.15, -0.1) is 0 Å². The van der Waals surface area contributed by atoms with Crippen molar-refractivity contribution in [3.63, 3.8) is 0 Å². The van der Waals surface area contributed by atoms with E-state index < -0.39 is 0 Å². The van der Waals surface area contributed by atoms with Crippen LogP contribution < -0.4 is 15.0 Å². The lowest BCUT2D eigenvalue weighted by Crippen LogP contribution is -2.43. The van der Waals surface area contributed by atoms with Crippen molar-refractivity contribution in [1.29, 1.82) is 0 Å². The number of rotatable bonds is 4. The molecule has 0 spiro atoms. The molecule has 0 saturated carbocycles. The molecule has 7 heteroatoms. The van der Waals surface area contributed by atoms with Crippen LogP contribution in [0.2, 0.25) is 0 Å². The second-order valence-corrected chi connectivity index (χ2v) is 7.20. The average Bonchev–Trinajstić information content (AvgIpc) is 3.00. The number of aryl methyl sites for hydroxylation is 3. The number of aromatic nitrogens is 4. The number of methoxy groups -OCH3 is 1. The Bertz CT molecular complexity index is 967.